The van der Waals surface area contributed by atoms with Crippen molar-refractivity contribution in [1.82, 2.24) is 9.97 Å². The van der Waals surface area contributed by atoms with Crippen LogP contribution in [0.4, 0.5) is 11.5 Å². The van der Waals surface area contributed by atoms with Gasteiger partial charge in [-0.2, -0.15) is 4.98 Å². The van der Waals surface area contributed by atoms with E-state index in [2.05, 4.69) is 36.6 Å². The minimum absolute atomic E-state index is 0.230. The zero-order valence-corrected chi connectivity index (χ0v) is 10.9. The minimum atomic E-state index is 0.230. The van der Waals surface area contributed by atoms with Gasteiger partial charge in [-0.25, -0.2) is 4.98 Å². The van der Waals surface area contributed by atoms with Crippen molar-refractivity contribution in [2.24, 2.45) is 0 Å². The van der Waals surface area contributed by atoms with Crippen LogP contribution in [-0.2, 0) is 0 Å². The molecule has 0 aromatic carbocycles. The van der Waals surface area contributed by atoms with Gasteiger partial charge in [0.1, 0.15) is 5.82 Å². The fourth-order valence-electron chi connectivity index (χ4n) is 1.05. The van der Waals surface area contributed by atoms with E-state index in [0.717, 1.165) is 10.2 Å². The number of hydrogen-bond donors (Lipinski definition) is 1. The molecule has 0 aliphatic rings. The van der Waals surface area contributed by atoms with E-state index < -0.39 is 0 Å². The van der Waals surface area contributed by atoms with Crippen LogP contribution in [0.15, 0.2) is 21.4 Å². The maximum atomic E-state index is 5.72. The Kier molecular flexibility index (Phi) is 3.23. The molecule has 1 N–H and O–H groups in total. The molecule has 2 heterocycles. The highest BCUT2D eigenvalue weighted by molar-refractivity contribution is 9.10. The fourth-order valence-corrected chi connectivity index (χ4v) is 2.25. The second-order valence-corrected chi connectivity index (χ2v) is 4.87. The lowest BCUT2D eigenvalue weighted by atomic mass is 10.3. The number of halogens is 2. The standard InChI is InChI=1S/C9H7BrClN3S/c1-5-3-15-4-7(5)13-8-6(10)2-12-9(11)14-8/h2-4H,1H3,(H,12,13,14). The van der Waals surface area contributed by atoms with E-state index in [4.69, 9.17) is 11.6 Å². The zero-order chi connectivity index (χ0) is 10.8. The van der Waals surface area contributed by atoms with E-state index in [-0.39, 0.29) is 5.28 Å². The Morgan fingerprint density at radius 1 is 1.47 bits per heavy atom. The molecule has 6 heteroatoms. The van der Waals surface area contributed by atoms with Gasteiger partial charge in [0.2, 0.25) is 5.28 Å². The normalized spacial score (nSPS) is 10.3. The minimum Gasteiger partial charge on any atom is -0.338 e. The van der Waals surface area contributed by atoms with Crippen LogP contribution < -0.4 is 5.32 Å². The highest BCUT2D eigenvalue weighted by Crippen LogP contribution is 2.27. The maximum absolute atomic E-state index is 5.72. The first kappa shape index (κ1) is 10.9. The van der Waals surface area contributed by atoms with Crippen molar-refractivity contribution < 1.29 is 0 Å². The van der Waals surface area contributed by atoms with Gasteiger partial charge in [0.15, 0.2) is 0 Å². The number of anilines is 2. The Hall–Kier alpha value is -0.650. The number of aryl methyl sites for hydroxylation is 1. The molecule has 0 unspecified atom stereocenters. The molecule has 0 amide bonds. The molecule has 0 spiro atoms. The summed E-state index contributed by atoms with van der Waals surface area (Å²) in [5.41, 5.74) is 2.22. The highest BCUT2D eigenvalue weighted by Gasteiger charge is 2.06. The van der Waals surface area contributed by atoms with Crippen molar-refractivity contribution in [2.45, 2.75) is 6.92 Å². The Bertz CT molecular complexity index is 486. The topological polar surface area (TPSA) is 37.8 Å². The third-order valence-corrected chi connectivity index (χ3v) is 3.45. The lowest BCUT2D eigenvalue weighted by Crippen LogP contribution is -1.96. The van der Waals surface area contributed by atoms with Crippen LogP contribution in [-0.4, -0.2) is 9.97 Å². The Labute approximate surface area is 105 Å². The Balaban J connectivity index is 2.32. The molecule has 2 aromatic heterocycles. The van der Waals surface area contributed by atoms with Crippen molar-refractivity contribution in [2.75, 3.05) is 5.32 Å². The van der Waals surface area contributed by atoms with Gasteiger partial charge in [-0.05, 0) is 45.4 Å². The number of hydrogen-bond acceptors (Lipinski definition) is 4. The average Bonchev–Trinajstić information content (AvgIpc) is 2.58. The van der Waals surface area contributed by atoms with Gasteiger partial charge >= 0.3 is 0 Å². The van der Waals surface area contributed by atoms with Crippen molar-refractivity contribution in [1.29, 1.82) is 0 Å². The molecule has 0 aliphatic carbocycles. The molecule has 0 saturated carbocycles. The third-order valence-electron chi connectivity index (χ3n) is 1.82. The van der Waals surface area contributed by atoms with Crippen molar-refractivity contribution >= 4 is 50.4 Å². The molecule has 78 valence electrons. The quantitative estimate of drug-likeness (QED) is 0.852. The van der Waals surface area contributed by atoms with Crippen LogP contribution >= 0.6 is 38.9 Å². The number of aromatic nitrogens is 2. The van der Waals surface area contributed by atoms with E-state index in [1.54, 1.807) is 17.5 Å². The summed E-state index contributed by atoms with van der Waals surface area (Å²) >= 11 is 10.7. The monoisotopic (exact) mass is 303 g/mol. The molecule has 3 nitrogen and oxygen atoms in total. The number of nitrogens with one attached hydrogen (secondary N) is 1. The van der Waals surface area contributed by atoms with Crippen LogP contribution in [0.2, 0.25) is 5.28 Å². The van der Waals surface area contributed by atoms with Gasteiger partial charge in [-0.3, -0.25) is 0 Å². The second kappa shape index (κ2) is 4.47. The van der Waals surface area contributed by atoms with E-state index in [9.17, 15) is 0 Å². The van der Waals surface area contributed by atoms with Gasteiger partial charge < -0.3 is 5.32 Å². The second-order valence-electron chi connectivity index (χ2n) is 2.93. The Morgan fingerprint density at radius 3 is 2.93 bits per heavy atom. The van der Waals surface area contributed by atoms with Gasteiger partial charge in [0, 0.05) is 11.6 Å². The SMILES string of the molecule is Cc1cscc1Nc1nc(Cl)ncc1Br. The molecule has 0 atom stereocenters. The predicted molar refractivity (Wildman–Crippen MR) is 67.1 cm³/mol. The number of rotatable bonds is 2. The van der Waals surface area contributed by atoms with Crippen LogP contribution in [0.3, 0.4) is 0 Å². The number of thiophene rings is 1. The summed E-state index contributed by atoms with van der Waals surface area (Å²) in [6.07, 6.45) is 1.62. The van der Waals surface area contributed by atoms with Crippen molar-refractivity contribution in [3.8, 4) is 0 Å². The summed E-state index contributed by atoms with van der Waals surface area (Å²) in [5.74, 6) is 0.677. The molecular weight excluding hydrogens is 298 g/mol. The first-order valence-corrected chi connectivity index (χ1v) is 6.26. The zero-order valence-electron chi connectivity index (χ0n) is 7.79. The van der Waals surface area contributed by atoms with Crippen LogP contribution in [0, 0.1) is 6.92 Å². The van der Waals surface area contributed by atoms with Crippen LogP contribution in [0.1, 0.15) is 5.56 Å². The summed E-state index contributed by atoms with van der Waals surface area (Å²) in [7, 11) is 0. The molecule has 2 rings (SSSR count). The average molecular weight is 305 g/mol. The summed E-state index contributed by atoms with van der Waals surface area (Å²) in [5, 5.41) is 7.51. The smallest absolute Gasteiger partial charge is 0.224 e. The Morgan fingerprint density at radius 2 is 2.27 bits per heavy atom. The van der Waals surface area contributed by atoms with E-state index in [0.29, 0.717) is 5.82 Å². The van der Waals surface area contributed by atoms with Gasteiger partial charge in [0.05, 0.1) is 10.2 Å². The first-order chi connectivity index (χ1) is 7.16. The molecule has 0 bridgehead atoms. The summed E-state index contributed by atoms with van der Waals surface area (Å²) in [6.45, 7) is 2.04. The highest BCUT2D eigenvalue weighted by atomic mass is 79.9. The molecule has 0 radical (unpaired) electrons. The van der Waals surface area contributed by atoms with Crippen molar-refractivity contribution in [3.05, 3.63) is 32.3 Å². The van der Waals surface area contributed by atoms with Crippen molar-refractivity contribution in [3.63, 3.8) is 0 Å². The maximum Gasteiger partial charge on any atom is 0.224 e. The fraction of sp³-hybridized carbons (Fsp3) is 0.111. The lowest BCUT2D eigenvalue weighted by Gasteiger charge is -2.06. The van der Waals surface area contributed by atoms with Gasteiger partial charge in [-0.1, -0.05) is 0 Å². The van der Waals surface area contributed by atoms with Crippen LogP contribution in [0.5, 0.6) is 0 Å². The molecule has 0 saturated heterocycles. The molecule has 0 aliphatic heterocycles. The summed E-state index contributed by atoms with van der Waals surface area (Å²) < 4.78 is 0.789. The molecule has 2 aromatic rings. The summed E-state index contributed by atoms with van der Waals surface area (Å²) in [4.78, 5) is 7.95. The van der Waals surface area contributed by atoms with E-state index >= 15 is 0 Å². The van der Waals surface area contributed by atoms with Crippen LogP contribution in [0.25, 0.3) is 0 Å². The van der Waals surface area contributed by atoms with Gasteiger partial charge in [0.25, 0.3) is 0 Å². The van der Waals surface area contributed by atoms with E-state index in [1.165, 1.54) is 5.56 Å². The first-order valence-electron chi connectivity index (χ1n) is 4.14. The lowest BCUT2D eigenvalue weighted by molar-refractivity contribution is 1.15. The molecule has 15 heavy (non-hydrogen) atoms. The summed E-state index contributed by atoms with van der Waals surface area (Å²) in [6, 6.07) is 0. The largest absolute Gasteiger partial charge is 0.338 e. The third kappa shape index (κ3) is 2.48. The molecular formula is C9H7BrClN3S. The molecule has 0 fully saturated rings. The van der Waals surface area contributed by atoms with Gasteiger partial charge in [-0.15, -0.1) is 11.3 Å². The number of nitrogens with zero attached hydrogens (tertiary/aromatic N) is 2. The van der Waals surface area contributed by atoms with E-state index in [1.807, 2.05) is 12.3 Å². The predicted octanol–water partition coefficient (Wildman–Crippen LogP) is 4.01.